The third-order valence-electron chi connectivity index (χ3n) is 9.14. The Balaban J connectivity index is 1.35. The van der Waals surface area contributed by atoms with Crippen LogP contribution in [0.4, 0.5) is 13.2 Å². The molecule has 3 aliphatic rings. The van der Waals surface area contributed by atoms with Crippen LogP contribution in [0.15, 0.2) is 54.6 Å². The molecule has 3 atom stereocenters. The zero-order valence-corrected chi connectivity index (χ0v) is 23.1. The predicted molar refractivity (Wildman–Crippen MR) is 145 cm³/mol. The van der Waals surface area contributed by atoms with Gasteiger partial charge in [-0.2, -0.15) is 13.2 Å². The lowest BCUT2D eigenvalue weighted by Crippen LogP contribution is -2.59. The van der Waals surface area contributed by atoms with Gasteiger partial charge in [0.25, 0.3) is 11.5 Å². The van der Waals surface area contributed by atoms with Crippen LogP contribution in [0.2, 0.25) is 0 Å². The first-order chi connectivity index (χ1) is 19.3. The Hall–Kier alpha value is -2.62. The van der Waals surface area contributed by atoms with E-state index < -0.39 is 17.7 Å². The van der Waals surface area contributed by atoms with Gasteiger partial charge >= 0.3 is 6.18 Å². The van der Waals surface area contributed by atoms with E-state index >= 15 is 0 Å². The number of alkyl halides is 3. The summed E-state index contributed by atoms with van der Waals surface area (Å²) >= 11 is 0. The number of rotatable bonds is 7. The second-order valence-corrected chi connectivity index (χ2v) is 11.3. The molecule has 1 N–H and O–H groups in total. The molecule has 6 nitrogen and oxygen atoms in total. The molecule has 2 aromatic carbocycles. The quantitative estimate of drug-likeness (QED) is 0.499. The number of carbonyl (C=O) groups excluding carboxylic acids is 1. The maximum atomic E-state index is 14.5. The molecule has 0 bridgehead atoms. The molecule has 40 heavy (non-hydrogen) atoms. The van der Waals surface area contributed by atoms with Crippen LogP contribution in [0.5, 0.6) is 5.75 Å². The summed E-state index contributed by atoms with van der Waals surface area (Å²) in [5.74, 6) is 0.307. The number of ether oxygens (including phenoxy) is 3. The van der Waals surface area contributed by atoms with E-state index in [1.165, 1.54) is 29.2 Å². The molecule has 2 aromatic rings. The van der Waals surface area contributed by atoms with E-state index in [1.54, 1.807) is 6.07 Å². The van der Waals surface area contributed by atoms with Crippen LogP contribution < -0.4 is 10.1 Å². The van der Waals surface area contributed by atoms with Gasteiger partial charge in [-0.1, -0.05) is 48.5 Å². The van der Waals surface area contributed by atoms with Crippen molar-refractivity contribution in [1.29, 1.82) is 0 Å². The van der Waals surface area contributed by atoms with Crippen molar-refractivity contribution in [2.24, 2.45) is 11.3 Å². The Bertz CT molecular complexity index is 1130. The molecular weight excluding hydrogens is 521 g/mol. The number of benzene rings is 2. The van der Waals surface area contributed by atoms with Gasteiger partial charge in [0.1, 0.15) is 5.75 Å². The van der Waals surface area contributed by atoms with Crippen molar-refractivity contribution in [1.82, 2.24) is 10.2 Å². The lowest BCUT2D eigenvalue weighted by Gasteiger charge is -2.51. The topological polar surface area (TPSA) is 60.0 Å². The van der Waals surface area contributed by atoms with Crippen LogP contribution in [-0.2, 0) is 19.9 Å². The van der Waals surface area contributed by atoms with E-state index in [0.29, 0.717) is 32.0 Å². The largest absolute Gasteiger partial charge is 0.493 e. The van der Waals surface area contributed by atoms with E-state index in [0.717, 1.165) is 57.4 Å². The first kappa shape index (κ1) is 28.9. The second kappa shape index (κ2) is 12.1. The Morgan fingerprint density at radius 1 is 1.07 bits per heavy atom. The fourth-order valence-corrected chi connectivity index (χ4v) is 6.84. The van der Waals surface area contributed by atoms with Gasteiger partial charge in [0.2, 0.25) is 0 Å². The maximum absolute atomic E-state index is 14.5. The highest BCUT2D eigenvalue weighted by Gasteiger charge is 2.64. The van der Waals surface area contributed by atoms with Crippen LogP contribution in [0.3, 0.4) is 0 Å². The molecule has 3 heterocycles. The number of para-hydroxylation sites is 1. The van der Waals surface area contributed by atoms with Gasteiger partial charge in [-0.25, -0.2) is 0 Å². The van der Waals surface area contributed by atoms with Gasteiger partial charge < -0.3 is 24.4 Å². The molecule has 9 heteroatoms. The lowest BCUT2D eigenvalue weighted by atomic mass is 9.62. The lowest BCUT2D eigenvalue weighted by molar-refractivity contribution is -0.271. The summed E-state index contributed by atoms with van der Waals surface area (Å²) in [7, 11) is 0.961. The van der Waals surface area contributed by atoms with Crippen LogP contribution in [-0.4, -0.2) is 70.1 Å². The van der Waals surface area contributed by atoms with E-state index in [2.05, 4.69) is 11.4 Å². The first-order valence-corrected chi connectivity index (χ1v) is 14.3. The number of methoxy groups -OCH3 is 1. The summed E-state index contributed by atoms with van der Waals surface area (Å²) in [6, 6.07) is 15.3. The highest BCUT2D eigenvalue weighted by Crippen LogP contribution is 2.51. The van der Waals surface area contributed by atoms with Crippen LogP contribution in [0, 0.1) is 11.3 Å². The Kier molecular flexibility index (Phi) is 8.73. The number of amides is 1. The number of nitrogens with one attached hydrogen (secondary N) is 1. The minimum Gasteiger partial charge on any atom is -0.493 e. The molecule has 3 saturated heterocycles. The molecule has 3 aliphatic heterocycles. The first-order valence-electron chi connectivity index (χ1n) is 14.3. The van der Waals surface area contributed by atoms with Crippen molar-refractivity contribution in [2.45, 2.75) is 49.8 Å². The van der Waals surface area contributed by atoms with Gasteiger partial charge in [0.15, 0.2) is 0 Å². The van der Waals surface area contributed by atoms with Gasteiger partial charge in [0.05, 0.1) is 13.2 Å². The number of halogens is 3. The third kappa shape index (κ3) is 5.48. The SMILES string of the molecule is CO[C@@](C(=O)N1CCC2(CCNCC2c2ccccc2OCC2CCCOC2)CC1)(c1ccccc1)C(F)(F)F. The van der Waals surface area contributed by atoms with E-state index in [-0.39, 0.29) is 30.0 Å². The predicted octanol–water partition coefficient (Wildman–Crippen LogP) is 5.28. The maximum Gasteiger partial charge on any atom is 0.430 e. The summed E-state index contributed by atoms with van der Waals surface area (Å²) in [4.78, 5) is 15.0. The van der Waals surface area contributed by atoms with Crippen molar-refractivity contribution in [3.63, 3.8) is 0 Å². The minimum atomic E-state index is -4.91. The number of hydrogen-bond acceptors (Lipinski definition) is 5. The van der Waals surface area contributed by atoms with Crippen molar-refractivity contribution in [3.8, 4) is 5.75 Å². The molecule has 0 saturated carbocycles. The third-order valence-corrected chi connectivity index (χ3v) is 9.14. The molecule has 0 aliphatic carbocycles. The number of carbonyl (C=O) groups is 1. The fraction of sp³-hybridized carbons (Fsp3) is 0.581. The second-order valence-electron chi connectivity index (χ2n) is 11.3. The van der Waals surface area contributed by atoms with Crippen LogP contribution in [0.25, 0.3) is 0 Å². The monoisotopic (exact) mass is 560 g/mol. The van der Waals surface area contributed by atoms with Crippen molar-refractivity contribution >= 4 is 5.91 Å². The van der Waals surface area contributed by atoms with Crippen LogP contribution >= 0.6 is 0 Å². The molecule has 2 unspecified atom stereocenters. The van der Waals surface area contributed by atoms with Gasteiger partial charge in [-0.3, -0.25) is 4.79 Å². The standard InChI is InChI=1S/C31H39F3N2O4/c1-38-30(31(32,33)34,24-9-3-2-4-10-24)28(37)36-17-14-29(15-18-36)13-16-35-20-26(29)25-11-5-6-12-27(25)40-22-23-8-7-19-39-21-23/h2-6,9-12,23,26,35H,7-8,13-22H2,1H3/t23?,26?,30-/m1/s1. The number of likely N-dealkylation sites (tertiary alicyclic amines) is 1. The average molecular weight is 561 g/mol. The average Bonchev–Trinajstić information content (AvgIpc) is 2.98. The Morgan fingerprint density at radius 2 is 1.80 bits per heavy atom. The van der Waals surface area contributed by atoms with E-state index in [9.17, 15) is 18.0 Å². The molecule has 218 valence electrons. The van der Waals surface area contributed by atoms with Crippen molar-refractivity contribution < 1.29 is 32.2 Å². The van der Waals surface area contributed by atoms with Gasteiger partial charge in [-0.15, -0.1) is 0 Å². The number of piperidine rings is 2. The Morgan fingerprint density at radius 3 is 2.48 bits per heavy atom. The zero-order chi connectivity index (χ0) is 28.2. The molecule has 0 aromatic heterocycles. The molecular formula is C31H39F3N2O4. The number of nitrogens with zero attached hydrogens (tertiary/aromatic N) is 1. The highest BCUT2D eigenvalue weighted by molar-refractivity contribution is 5.88. The normalized spacial score (nSPS) is 24.9. The molecule has 5 rings (SSSR count). The molecule has 1 amide bonds. The summed E-state index contributed by atoms with van der Waals surface area (Å²) in [5.41, 5.74) is -2.26. The summed E-state index contributed by atoms with van der Waals surface area (Å²) in [5, 5.41) is 3.52. The van der Waals surface area contributed by atoms with Gasteiger partial charge in [0, 0.05) is 50.8 Å². The fourth-order valence-electron chi connectivity index (χ4n) is 6.84. The summed E-state index contributed by atoms with van der Waals surface area (Å²) < 4.78 is 60.7. The molecule has 3 fully saturated rings. The van der Waals surface area contributed by atoms with Crippen molar-refractivity contribution in [3.05, 3.63) is 65.7 Å². The summed E-state index contributed by atoms with van der Waals surface area (Å²) in [6.45, 7) is 4.20. The Labute approximate surface area is 234 Å². The minimum absolute atomic E-state index is 0.126. The van der Waals surface area contributed by atoms with Crippen LogP contribution in [0.1, 0.15) is 49.1 Å². The highest BCUT2D eigenvalue weighted by atomic mass is 19.4. The molecule has 1 spiro atoms. The van der Waals surface area contributed by atoms with E-state index in [1.807, 2.05) is 18.2 Å². The molecule has 0 radical (unpaired) electrons. The summed E-state index contributed by atoms with van der Waals surface area (Å²) in [6.07, 6.45) is -0.664. The zero-order valence-electron chi connectivity index (χ0n) is 23.1. The smallest absolute Gasteiger partial charge is 0.430 e. The van der Waals surface area contributed by atoms with E-state index in [4.69, 9.17) is 14.2 Å². The van der Waals surface area contributed by atoms with Crippen molar-refractivity contribution in [2.75, 3.05) is 53.1 Å². The number of hydrogen-bond donors (Lipinski definition) is 1. The van der Waals surface area contributed by atoms with Gasteiger partial charge in [-0.05, 0) is 55.7 Å².